The van der Waals surface area contributed by atoms with Crippen molar-refractivity contribution in [3.63, 3.8) is 0 Å². The van der Waals surface area contributed by atoms with Gasteiger partial charge < -0.3 is 15.5 Å². The third-order valence-corrected chi connectivity index (χ3v) is 5.22. The number of likely N-dealkylation sites (N-methyl/N-ethyl adjacent to an activating group) is 2. The Hall–Kier alpha value is -2.16. The van der Waals surface area contributed by atoms with Gasteiger partial charge in [0.05, 0.1) is 6.54 Å². The van der Waals surface area contributed by atoms with Gasteiger partial charge in [0, 0.05) is 6.54 Å². The van der Waals surface area contributed by atoms with E-state index in [2.05, 4.69) is 23.0 Å². The monoisotopic (exact) mass is 368 g/mol. The molecule has 2 aliphatic rings. The van der Waals surface area contributed by atoms with Crippen molar-refractivity contribution in [2.75, 3.05) is 26.2 Å². The number of nitrogens with zero attached hydrogens (tertiary/aromatic N) is 1. The van der Waals surface area contributed by atoms with E-state index in [0.29, 0.717) is 31.8 Å². The van der Waals surface area contributed by atoms with Gasteiger partial charge in [0.1, 0.15) is 5.54 Å². The highest BCUT2D eigenvalue weighted by Crippen LogP contribution is 2.35. The Morgan fingerprint density at radius 1 is 1.19 bits per heavy atom. The van der Waals surface area contributed by atoms with Gasteiger partial charge in [0.2, 0.25) is 0 Å². The molecular formula is C17H30N5O4+. The number of hydrogen-bond acceptors (Lipinski definition) is 4. The average Bonchev–Trinajstić information content (AvgIpc) is 2.81. The lowest BCUT2D eigenvalue weighted by Gasteiger charge is -2.33. The van der Waals surface area contributed by atoms with Crippen molar-refractivity contribution in [1.82, 2.24) is 21.1 Å². The zero-order valence-corrected chi connectivity index (χ0v) is 15.8. The summed E-state index contributed by atoms with van der Waals surface area (Å²) in [6.45, 7) is 7.11. The Morgan fingerprint density at radius 3 is 2.38 bits per heavy atom. The molecule has 9 nitrogen and oxygen atoms in total. The lowest BCUT2D eigenvalue weighted by molar-refractivity contribution is -0.881. The van der Waals surface area contributed by atoms with Crippen molar-refractivity contribution in [1.29, 1.82) is 0 Å². The molecule has 0 aromatic rings. The molecule has 1 aliphatic heterocycles. The lowest BCUT2D eigenvalue weighted by atomic mass is 9.77. The zero-order valence-electron chi connectivity index (χ0n) is 15.8. The van der Waals surface area contributed by atoms with Crippen LogP contribution in [0.2, 0.25) is 0 Å². The first-order chi connectivity index (χ1) is 12.3. The van der Waals surface area contributed by atoms with E-state index >= 15 is 0 Å². The molecule has 1 unspecified atom stereocenters. The van der Waals surface area contributed by atoms with Gasteiger partial charge in [-0.05, 0) is 45.4 Å². The summed E-state index contributed by atoms with van der Waals surface area (Å²) in [6.07, 6.45) is 2.92. The Kier molecular flexibility index (Phi) is 6.57. The number of amides is 5. The molecule has 26 heavy (non-hydrogen) atoms. The van der Waals surface area contributed by atoms with Gasteiger partial charge in [-0.1, -0.05) is 6.92 Å². The maximum absolute atomic E-state index is 12.7. The molecule has 5 amide bonds. The van der Waals surface area contributed by atoms with Crippen LogP contribution in [-0.4, -0.2) is 60.5 Å². The minimum atomic E-state index is -0.880. The van der Waals surface area contributed by atoms with Crippen LogP contribution in [0.3, 0.4) is 0 Å². The summed E-state index contributed by atoms with van der Waals surface area (Å²) in [7, 11) is 0. The Labute approximate surface area is 153 Å². The van der Waals surface area contributed by atoms with E-state index in [0.717, 1.165) is 22.8 Å². The molecule has 9 heteroatoms. The maximum atomic E-state index is 12.7. The number of hydrogen-bond donors (Lipinski definition) is 4. The quantitative estimate of drug-likeness (QED) is 0.412. The summed E-state index contributed by atoms with van der Waals surface area (Å²) in [4.78, 5) is 49.6. The molecule has 0 aromatic heterocycles. The van der Waals surface area contributed by atoms with Crippen molar-refractivity contribution in [2.45, 2.75) is 52.0 Å². The number of imide groups is 1. The van der Waals surface area contributed by atoms with Crippen molar-refractivity contribution in [3.05, 3.63) is 0 Å². The Balaban J connectivity index is 1.92. The van der Waals surface area contributed by atoms with Crippen molar-refractivity contribution < 1.29 is 24.1 Å². The molecular weight excluding hydrogens is 338 g/mol. The van der Waals surface area contributed by atoms with Crippen molar-refractivity contribution in [2.24, 2.45) is 5.92 Å². The predicted octanol–water partition coefficient (Wildman–Crippen LogP) is -1.44. The molecule has 146 valence electrons. The number of quaternary nitrogens is 1. The maximum Gasteiger partial charge on any atom is 0.344 e. The highest BCUT2D eigenvalue weighted by atomic mass is 16.2. The first-order valence-corrected chi connectivity index (χ1v) is 9.37. The summed E-state index contributed by atoms with van der Waals surface area (Å²) in [5, 5.41) is 6.26. The molecule has 1 saturated heterocycles. The van der Waals surface area contributed by atoms with Crippen molar-refractivity contribution in [3.8, 4) is 0 Å². The van der Waals surface area contributed by atoms with E-state index in [1.54, 1.807) is 0 Å². The SMILES string of the molecule is CCNC(=O)C[NH+](CC)CC(=O)NN1C(=O)NC2(CCC(C)CC2)C1=O. The average molecular weight is 368 g/mol. The molecule has 0 bridgehead atoms. The van der Waals surface area contributed by atoms with E-state index in [1.165, 1.54) is 0 Å². The smallest absolute Gasteiger partial charge is 0.344 e. The molecule has 1 saturated carbocycles. The van der Waals surface area contributed by atoms with E-state index in [1.807, 2.05) is 13.8 Å². The summed E-state index contributed by atoms with van der Waals surface area (Å²) in [5.41, 5.74) is 1.53. The minimum absolute atomic E-state index is 0.00866. The second-order valence-electron chi connectivity index (χ2n) is 7.28. The zero-order chi connectivity index (χ0) is 19.3. The fourth-order valence-electron chi connectivity index (χ4n) is 3.51. The van der Waals surface area contributed by atoms with Gasteiger partial charge >= 0.3 is 6.03 Å². The highest BCUT2D eigenvalue weighted by molar-refractivity contribution is 6.08. The van der Waals surface area contributed by atoms with E-state index in [9.17, 15) is 19.2 Å². The first kappa shape index (κ1) is 20.2. The Morgan fingerprint density at radius 2 is 1.81 bits per heavy atom. The third kappa shape index (κ3) is 4.51. The molecule has 0 radical (unpaired) electrons. The summed E-state index contributed by atoms with van der Waals surface area (Å²) in [6, 6.07) is -0.584. The van der Waals surface area contributed by atoms with Gasteiger partial charge in [-0.2, -0.15) is 5.01 Å². The third-order valence-electron chi connectivity index (χ3n) is 5.22. The molecule has 1 spiro atoms. The van der Waals surface area contributed by atoms with Crippen molar-refractivity contribution >= 4 is 23.8 Å². The second kappa shape index (κ2) is 8.48. The molecule has 0 aromatic carbocycles. The molecule has 1 heterocycles. The number of hydrazine groups is 1. The summed E-state index contributed by atoms with van der Waals surface area (Å²) >= 11 is 0. The van der Waals surface area contributed by atoms with Crippen LogP contribution in [0, 0.1) is 5.92 Å². The molecule has 4 N–H and O–H groups in total. The summed E-state index contributed by atoms with van der Waals surface area (Å²) in [5.74, 6) is -0.451. The van der Waals surface area contributed by atoms with Gasteiger partial charge in [0.25, 0.3) is 17.7 Å². The molecule has 2 fully saturated rings. The van der Waals surface area contributed by atoms with Crippen LogP contribution in [0.4, 0.5) is 4.79 Å². The topological polar surface area (TPSA) is 112 Å². The largest absolute Gasteiger partial charge is 0.351 e. The van der Waals surface area contributed by atoms with Crippen LogP contribution in [0.5, 0.6) is 0 Å². The van der Waals surface area contributed by atoms with Crippen LogP contribution in [0.15, 0.2) is 0 Å². The molecule has 2 rings (SSSR count). The standard InChI is InChI=1S/C17H29N5O4/c1-4-18-13(23)10-21(5-2)11-14(24)20-22-15(25)17(19-16(22)26)8-6-12(3)7-9-17/h12H,4-11H2,1-3H3,(H,18,23)(H,19,26)(H,20,24)/p+1. The van der Waals surface area contributed by atoms with Crippen LogP contribution in [-0.2, 0) is 14.4 Å². The van der Waals surface area contributed by atoms with Gasteiger partial charge in [-0.15, -0.1) is 0 Å². The van der Waals surface area contributed by atoms with Gasteiger partial charge in [0.15, 0.2) is 13.1 Å². The van der Waals surface area contributed by atoms with Crippen LogP contribution in [0.25, 0.3) is 0 Å². The van der Waals surface area contributed by atoms with E-state index < -0.39 is 17.5 Å². The number of nitrogens with one attached hydrogen (secondary N) is 4. The number of rotatable bonds is 7. The van der Waals surface area contributed by atoms with Crippen LogP contribution < -0.4 is 21.0 Å². The fourth-order valence-corrected chi connectivity index (χ4v) is 3.51. The number of urea groups is 1. The van der Waals surface area contributed by atoms with E-state index in [-0.39, 0.29) is 24.9 Å². The second-order valence-corrected chi connectivity index (χ2v) is 7.28. The normalized spacial score (nSPS) is 26.6. The summed E-state index contributed by atoms with van der Waals surface area (Å²) < 4.78 is 0. The van der Waals surface area contributed by atoms with Crippen LogP contribution in [0.1, 0.15) is 46.5 Å². The Bertz CT molecular complexity index is 572. The highest BCUT2D eigenvalue weighted by Gasteiger charge is 2.53. The van der Waals surface area contributed by atoms with Crippen LogP contribution >= 0.6 is 0 Å². The van der Waals surface area contributed by atoms with Gasteiger partial charge in [-0.25, -0.2) is 4.79 Å². The van der Waals surface area contributed by atoms with E-state index in [4.69, 9.17) is 0 Å². The predicted molar refractivity (Wildman–Crippen MR) is 93.8 cm³/mol. The first-order valence-electron chi connectivity index (χ1n) is 9.37. The fraction of sp³-hybridized carbons (Fsp3) is 0.765. The minimum Gasteiger partial charge on any atom is -0.351 e. The molecule has 1 atom stereocenters. The molecule has 1 aliphatic carbocycles. The number of carbonyl (C=O) groups excluding carboxylic acids is 4. The van der Waals surface area contributed by atoms with Gasteiger partial charge in [-0.3, -0.25) is 19.8 Å². The number of carbonyl (C=O) groups is 4. The lowest BCUT2D eigenvalue weighted by Crippen LogP contribution is -3.14.